The number of fused-ring (bicyclic) bond motifs is 1. The maximum atomic E-state index is 5.82. The molecule has 0 bridgehead atoms. The van der Waals surface area contributed by atoms with Crippen molar-refractivity contribution in [3.63, 3.8) is 0 Å². The highest BCUT2D eigenvalue weighted by molar-refractivity contribution is 5.55. The SMILES string of the molecule is C[C@H](N)c1ccc2c(c1)NCCC2. The molecule has 1 aromatic carbocycles. The van der Waals surface area contributed by atoms with Gasteiger partial charge >= 0.3 is 0 Å². The molecule has 70 valence electrons. The molecule has 2 nitrogen and oxygen atoms in total. The zero-order valence-electron chi connectivity index (χ0n) is 8.01. The first-order valence-corrected chi connectivity index (χ1v) is 4.89. The van der Waals surface area contributed by atoms with Gasteiger partial charge < -0.3 is 11.1 Å². The average molecular weight is 176 g/mol. The van der Waals surface area contributed by atoms with Crippen molar-refractivity contribution in [1.82, 2.24) is 0 Å². The highest BCUT2D eigenvalue weighted by Crippen LogP contribution is 2.24. The third-order valence-corrected chi connectivity index (χ3v) is 2.60. The van der Waals surface area contributed by atoms with Crippen LogP contribution in [0.3, 0.4) is 0 Å². The molecule has 2 rings (SSSR count). The number of benzene rings is 1. The Kier molecular flexibility index (Phi) is 2.23. The molecule has 0 saturated carbocycles. The maximum Gasteiger partial charge on any atom is 0.0376 e. The summed E-state index contributed by atoms with van der Waals surface area (Å²) in [7, 11) is 0. The highest BCUT2D eigenvalue weighted by atomic mass is 14.9. The molecule has 1 aromatic rings. The van der Waals surface area contributed by atoms with Crippen LogP contribution in [0.15, 0.2) is 18.2 Å². The van der Waals surface area contributed by atoms with Crippen LogP contribution in [0.4, 0.5) is 5.69 Å². The van der Waals surface area contributed by atoms with Crippen molar-refractivity contribution >= 4 is 5.69 Å². The van der Waals surface area contributed by atoms with E-state index < -0.39 is 0 Å². The minimum atomic E-state index is 0.133. The zero-order chi connectivity index (χ0) is 9.26. The van der Waals surface area contributed by atoms with Crippen LogP contribution in [0, 0.1) is 0 Å². The summed E-state index contributed by atoms with van der Waals surface area (Å²) < 4.78 is 0. The van der Waals surface area contributed by atoms with Gasteiger partial charge in [-0.05, 0) is 37.0 Å². The lowest BCUT2D eigenvalue weighted by atomic mass is 9.99. The van der Waals surface area contributed by atoms with Crippen molar-refractivity contribution in [2.45, 2.75) is 25.8 Å². The van der Waals surface area contributed by atoms with Gasteiger partial charge in [0.15, 0.2) is 0 Å². The van der Waals surface area contributed by atoms with Crippen molar-refractivity contribution in [3.8, 4) is 0 Å². The molecule has 0 aliphatic carbocycles. The molecule has 0 unspecified atom stereocenters. The van der Waals surface area contributed by atoms with Gasteiger partial charge in [-0.2, -0.15) is 0 Å². The summed E-state index contributed by atoms with van der Waals surface area (Å²) >= 11 is 0. The van der Waals surface area contributed by atoms with Gasteiger partial charge in [0.25, 0.3) is 0 Å². The molecular weight excluding hydrogens is 160 g/mol. The molecule has 1 atom stereocenters. The van der Waals surface area contributed by atoms with E-state index in [0.717, 1.165) is 6.54 Å². The molecule has 0 amide bonds. The van der Waals surface area contributed by atoms with Crippen LogP contribution in [0.1, 0.15) is 30.5 Å². The molecule has 3 N–H and O–H groups in total. The number of nitrogens with one attached hydrogen (secondary N) is 1. The largest absolute Gasteiger partial charge is 0.385 e. The molecule has 0 aromatic heterocycles. The summed E-state index contributed by atoms with van der Waals surface area (Å²) in [5.41, 5.74) is 9.74. The Bertz CT molecular complexity index is 305. The fourth-order valence-corrected chi connectivity index (χ4v) is 1.76. The van der Waals surface area contributed by atoms with Gasteiger partial charge in [-0.15, -0.1) is 0 Å². The monoisotopic (exact) mass is 176 g/mol. The Hall–Kier alpha value is -1.02. The minimum Gasteiger partial charge on any atom is -0.385 e. The number of aryl methyl sites for hydroxylation is 1. The van der Waals surface area contributed by atoms with E-state index in [1.807, 2.05) is 6.92 Å². The molecule has 0 spiro atoms. The van der Waals surface area contributed by atoms with Gasteiger partial charge in [-0.3, -0.25) is 0 Å². The Morgan fingerprint density at radius 3 is 3.08 bits per heavy atom. The molecule has 1 aliphatic rings. The van der Waals surface area contributed by atoms with Gasteiger partial charge in [0.05, 0.1) is 0 Å². The summed E-state index contributed by atoms with van der Waals surface area (Å²) in [6.45, 7) is 3.11. The lowest BCUT2D eigenvalue weighted by Crippen LogP contribution is -2.13. The quantitative estimate of drug-likeness (QED) is 0.687. The third kappa shape index (κ3) is 1.68. The van der Waals surface area contributed by atoms with Crippen LogP contribution in [-0.4, -0.2) is 6.54 Å². The van der Waals surface area contributed by atoms with E-state index in [-0.39, 0.29) is 6.04 Å². The van der Waals surface area contributed by atoms with Crippen LogP contribution in [0.5, 0.6) is 0 Å². The van der Waals surface area contributed by atoms with Crippen LogP contribution in [0.25, 0.3) is 0 Å². The van der Waals surface area contributed by atoms with Crippen molar-refractivity contribution in [2.75, 3.05) is 11.9 Å². The number of rotatable bonds is 1. The molecule has 2 heteroatoms. The first-order chi connectivity index (χ1) is 6.27. The van der Waals surface area contributed by atoms with Gasteiger partial charge in [0.1, 0.15) is 0 Å². The third-order valence-electron chi connectivity index (χ3n) is 2.60. The summed E-state index contributed by atoms with van der Waals surface area (Å²) in [6, 6.07) is 6.64. The summed E-state index contributed by atoms with van der Waals surface area (Å²) in [5.74, 6) is 0. The average Bonchev–Trinajstić information content (AvgIpc) is 2.17. The summed E-state index contributed by atoms with van der Waals surface area (Å²) in [6.07, 6.45) is 2.44. The Morgan fingerprint density at radius 1 is 1.46 bits per heavy atom. The van der Waals surface area contributed by atoms with E-state index in [4.69, 9.17) is 5.73 Å². The predicted molar refractivity (Wildman–Crippen MR) is 55.9 cm³/mol. The fourth-order valence-electron chi connectivity index (χ4n) is 1.76. The lowest BCUT2D eigenvalue weighted by molar-refractivity contribution is 0.802. The van der Waals surface area contributed by atoms with Crippen molar-refractivity contribution in [2.24, 2.45) is 5.73 Å². The molecule has 0 radical (unpaired) electrons. The smallest absolute Gasteiger partial charge is 0.0376 e. The number of hydrogen-bond donors (Lipinski definition) is 2. The second-order valence-electron chi connectivity index (χ2n) is 3.74. The van der Waals surface area contributed by atoms with Crippen molar-refractivity contribution in [1.29, 1.82) is 0 Å². The van der Waals surface area contributed by atoms with Crippen LogP contribution >= 0.6 is 0 Å². The predicted octanol–water partition coefficient (Wildman–Crippen LogP) is 2.06. The highest BCUT2D eigenvalue weighted by Gasteiger charge is 2.09. The molecule has 13 heavy (non-hydrogen) atoms. The first kappa shape index (κ1) is 8.57. The first-order valence-electron chi connectivity index (χ1n) is 4.89. The maximum absolute atomic E-state index is 5.82. The van der Waals surface area contributed by atoms with E-state index in [0.29, 0.717) is 0 Å². The Morgan fingerprint density at radius 2 is 2.31 bits per heavy atom. The number of anilines is 1. The minimum absolute atomic E-state index is 0.133. The fraction of sp³-hybridized carbons (Fsp3) is 0.455. The zero-order valence-corrected chi connectivity index (χ0v) is 8.01. The second-order valence-corrected chi connectivity index (χ2v) is 3.74. The van der Waals surface area contributed by atoms with Crippen LogP contribution in [0.2, 0.25) is 0 Å². The van der Waals surface area contributed by atoms with Gasteiger partial charge in [0, 0.05) is 18.3 Å². The Labute approximate surface area is 79.1 Å². The van der Waals surface area contributed by atoms with E-state index >= 15 is 0 Å². The molecule has 0 fully saturated rings. The standard InChI is InChI=1S/C11H16N2/c1-8(12)10-5-4-9-3-2-6-13-11(9)7-10/h4-5,7-8,13H,2-3,6,12H2,1H3/t8-/m0/s1. The number of hydrogen-bond acceptors (Lipinski definition) is 2. The van der Waals surface area contributed by atoms with E-state index in [1.54, 1.807) is 0 Å². The van der Waals surface area contributed by atoms with Gasteiger partial charge in [0.2, 0.25) is 0 Å². The summed E-state index contributed by atoms with van der Waals surface area (Å²) in [5, 5.41) is 3.40. The van der Waals surface area contributed by atoms with Crippen LogP contribution in [-0.2, 0) is 6.42 Å². The van der Waals surface area contributed by atoms with Crippen LogP contribution < -0.4 is 11.1 Å². The van der Waals surface area contributed by atoms with Crippen molar-refractivity contribution in [3.05, 3.63) is 29.3 Å². The van der Waals surface area contributed by atoms with Gasteiger partial charge in [-0.25, -0.2) is 0 Å². The lowest BCUT2D eigenvalue weighted by Gasteiger charge is -2.19. The van der Waals surface area contributed by atoms with E-state index in [9.17, 15) is 0 Å². The number of nitrogens with two attached hydrogens (primary N) is 1. The van der Waals surface area contributed by atoms with Crippen molar-refractivity contribution < 1.29 is 0 Å². The summed E-state index contributed by atoms with van der Waals surface area (Å²) in [4.78, 5) is 0. The molecular formula is C11H16N2. The Balaban J connectivity index is 2.35. The van der Waals surface area contributed by atoms with E-state index in [1.165, 1.54) is 29.7 Å². The molecule has 1 heterocycles. The normalized spacial score (nSPS) is 17.4. The van der Waals surface area contributed by atoms with E-state index in [2.05, 4.69) is 23.5 Å². The molecule has 1 aliphatic heterocycles. The molecule has 0 saturated heterocycles. The van der Waals surface area contributed by atoms with Gasteiger partial charge in [-0.1, -0.05) is 12.1 Å². The second kappa shape index (κ2) is 3.38. The topological polar surface area (TPSA) is 38.0 Å².